The zero-order valence-corrected chi connectivity index (χ0v) is 18.7. The Morgan fingerprint density at radius 2 is 1.91 bits per heavy atom. The molecule has 0 radical (unpaired) electrons. The highest BCUT2D eigenvalue weighted by atomic mass is 35.5. The van der Waals surface area contributed by atoms with Crippen LogP contribution in [-0.2, 0) is 9.59 Å². The number of carbonyl (C=O) groups excluding carboxylic acids is 4. The molecule has 0 spiro atoms. The number of anilines is 1. The SMILES string of the molecule is O=C(Nc1cccc2c1C(=O)N(CCC(=O)N1CCNCC1)C2=O)C1=CC(Cl)=CCC1=S. The number of carbonyl (C=O) groups is 4. The molecule has 0 aromatic heterocycles. The number of piperazine rings is 1. The third kappa shape index (κ3) is 4.36. The largest absolute Gasteiger partial charge is 0.340 e. The van der Waals surface area contributed by atoms with Crippen molar-refractivity contribution in [3.05, 3.63) is 52.1 Å². The summed E-state index contributed by atoms with van der Waals surface area (Å²) in [4.78, 5) is 54.3. The monoisotopic (exact) mass is 472 g/mol. The molecule has 3 aliphatic rings. The number of fused-ring (bicyclic) bond motifs is 1. The summed E-state index contributed by atoms with van der Waals surface area (Å²) in [6, 6.07) is 4.68. The highest BCUT2D eigenvalue weighted by molar-refractivity contribution is 7.81. The van der Waals surface area contributed by atoms with E-state index in [2.05, 4.69) is 10.6 Å². The molecule has 1 aromatic rings. The lowest BCUT2D eigenvalue weighted by atomic mass is 10.0. The van der Waals surface area contributed by atoms with Crippen LogP contribution in [0.5, 0.6) is 0 Å². The van der Waals surface area contributed by atoms with Crippen LogP contribution < -0.4 is 10.6 Å². The van der Waals surface area contributed by atoms with E-state index in [-0.39, 0.29) is 41.3 Å². The molecule has 1 aromatic carbocycles. The Kier molecular flexibility index (Phi) is 6.50. The fraction of sp³-hybridized carbons (Fsp3) is 0.318. The summed E-state index contributed by atoms with van der Waals surface area (Å²) in [5.41, 5.74) is 0.779. The highest BCUT2D eigenvalue weighted by Crippen LogP contribution is 2.30. The molecule has 8 nitrogen and oxygen atoms in total. The molecule has 0 unspecified atom stereocenters. The van der Waals surface area contributed by atoms with Crippen LogP contribution >= 0.6 is 23.8 Å². The zero-order valence-electron chi connectivity index (χ0n) is 17.2. The number of hydrogen-bond acceptors (Lipinski definition) is 6. The second-order valence-corrected chi connectivity index (χ2v) is 8.53. The van der Waals surface area contributed by atoms with Gasteiger partial charge in [0.15, 0.2) is 0 Å². The van der Waals surface area contributed by atoms with Crippen molar-refractivity contribution in [2.24, 2.45) is 0 Å². The lowest BCUT2D eigenvalue weighted by Crippen LogP contribution is -2.47. The summed E-state index contributed by atoms with van der Waals surface area (Å²) in [6.07, 6.45) is 3.63. The number of benzene rings is 1. The number of halogens is 1. The van der Waals surface area contributed by atoms with Gasteiger partial charge in [0.25, 0.3) is 17.7 Å². The Labute approximate surface area is 195 Å². The van der Waals surface area contributed by atoms with Crippen LogP contribution in [0, 0.1) is 0 Å². The third-order valence-electron chi connectivity index (χ3n) is 5.58. The molecule has 2 N–H and O–H groups in total. The first-order chi connectivity index (χ1) is 15.4. The predicted octanol–water partition coefficient (Wildman–Crippen LogP) is 1.87. The Balaban J connectivity index is 1.49. The maximum atomic E-state index is 13.0. The van der Waals surface area contributed by atoms with Crippen LogP contribution in [0.15, 0.2) is 41.0 Å². The minimum absolute atomic E-state index is 0.0157. The number of allylic oxidation sites excluding steroid dienone is 3. The normalized spacial score (nSPS) is 18.3. The van der Waals surface area contributed by atoms with Gasteiger partial charge in [0.05, 0.1) is 22.4 Å². The van der Waals surface area contributed by atoms with E-state index in [1.54, 1.807) is 23.1 Å². The molecule has 1 aliphatic carbocycles. The number of hydrogen-bond donors (Lipinski definition) is 2. The molecule has 4 amide bonds. The number of nitrogens with zero attached hydrogens (tertiary/aromatic N) is 2. The molecular weight excluding hydrogens is 452 g/mol. The number of rotatable bonds is 5. The van der Waals surface area contributed by atoms with Gasteiger partial charge in [-0.1, -0.05) is 36.0 Å². The van der Waals surface area contributed by atoms with E-state index in [1.807, 2.05) is 0 Å². The van der Waals surface area contributed by atoms with Gasteiger partial charge < -0.3 is 15.5 Å². The lowest BCUT2D eigenvalue weighted by Gasteiger charge is -2.28. The van der Waals surface area contributed by atoms with Gasteiger partial charge in [0.2, 0.25) is 5.91 Å². The van der Waals surface area contributed by atoms with Crippen molar-refractivity contribution in [2.75, 3.05) is 38.0 Å². The van der Waals surface area contributed by atoms with Gasteiger partial charge in [-0.3, -0.25) is 24.1 Å². The quantitative estimate of drug-likeness (QED) is 0.501. The van der Waals surface area contributed by atoms with E-state index in [4.69, 9.17) is 23.8 Å². The first-order valence-electron chi connectivity index (χ1n) is 10.3. The van der Waals surface area contributed by atoms with Crippen LogP contribution in [0.2, 0.25) is 0 Å². The average molecular weight is 473 g/mol. The molecule has 0 atom stereocenters. The van der Waals surface area contributed by atoms with Crippen molar-refractivity contribution in [1.29, 1.82) is 0 Å². The highest BCUT2D eigenvalue weighted by Gasteiger charge is 2.38. The molecule has 0 bridgehead atoms. The first kappa shape index (κ1) is 22.3. The second-order valence-electron chi connectivity index (χ2n) is 7.60. The molecule has 10 heteroatoms. The summed E-state index contributed by atoms with van der Waals surface area (Å²) in [7, 11) is 0. The van der Waals surface area contributed by atoms with Crippen LogP contribution in [0.3, 0.4) is 0 Å². The average Bonchev–Trinajstić information content (AvgIpc) is 3.04. The maximum absolute atomic E-state index is 13.0. The Morgan fingerprint density at radius 3 is 2.66 bits per heavy atom. The van der Waals surface area contributed by atoms with Crippen LogP contribution in [0.25, 0.3) is 0 Å². The summed E-state index contributed by atoms with van der Waals surface area (Å²) in [5.74, 6) is -1.61. The molecule has 2 heterocycles. The molecular formula is C22H21ClN4O4S. The van der Waals surface area contributed by atoms with Crippen molar-refractivity contribution in [1.82, 2.24) is 15.1 Å². The molecule has 4 rings (SSSR count). The summed E-state index contributed by atoms with van der Waals surface area (Å²) < 4.78 is 0. The Hall–Kier alpha value is -2.88. The van der Waals surface area contributed by atoms with Gasteiger partial charge in [-0.05, 0) is 18.2 Å². The number of nitrogens with one attached hydrogen (secondary N) is 2. The van der Waals surface area contributed by atoms with Crippen molar-refractivity contribution < 1.29 is 19.2 Å². The molecule has 1 saturated heterocycles. The Bertz CT molecular complexity index is 1090. The fourth-order valence-electron chi connectivity index (χ4n) is 3.88. The molecule has 1 fully saturated rings. The minimum Gasteiger partial charge on any atom is -0.340 e. The van der Waals surface area contributed by atoms with Gasteiger partial charge in [0, 0.05) is 55.5 Å². The lowest BCUT2D eigenvalue weighted by molar-refractivity contribution is -0.131. The fourth-order valence-corrected chi connectivity index (χ4v) is 4.30. The van der Waals surface area contributed by atoms with E-state index >= 15 is 0 Å². The van der Waals surface area contributed by atoms with E-state index in [0.717, 1.165) is 18.0 Å². The van der Waals surface area contributed by atoms with Crippen molar-refractivity contribution in [3.63, 3.8) is 0 Å². The standard InChI is InChI=1S/C22H21ClN4O4S/c23-13-4-5-17(32)15(12-13)20(29)25-16-3-1-2-14-19(16)22(31)27(21(14)30)9-6-18(28)26-10-7-24-8-11-26/h1-4,12,24H,5-11H2,(H,25,29). The molecule has 0 saturated carbocycles. The van der Waals surface area contributed by atoms with E-state index in [1.165, 1.54) is 12.1 Å². The van der Waals surface area contributed by atoms with Gasteiger partial charge in [-0.2, -0.15) is 0 Å². The summed E-state index contributed by atoms with van der Waals surface area (Å²) >= 11 is 11.2. The number of imide groups is 1. The minimum atomic E-state index is -0.535. The zero-order chi connectivity index (χ0) is 22.8. The molecule has 32 heavy (non-hydrogen) atoms. The van der Waals surface area contributed by atoms with Gasteiger partial charge in [-0.25, -0.2) is 0 Å². The molecule has 166 valence electrons. The topological polar surface area (TPSA) is 98.8 Å². The predicted molar refractivity (Wildman–Crippen MR) is 124 cm³/mol. The second kappa shape index (κ2) is 9.32. The number of amides is 4. The Morgan fingerprint density at radius 1 is 1.16 bits per heavy atom. The third-order valence-corrected chi connectivity index (χ3v) is 6.23. The van der Waals surface area contributed by atoms with Gasteiger partial charge in [-0.15, -0.1) is 0 Å². The summed E-state index contributed by atoms with van der Waals surface area (Å²) in [5, 5.41) is 6.27. The smallest absolute Gasteiger partial charge is 0.263 e. The van der Waals surface area contributed by atoms with Crippen molar-refractivity contribution in [3.8, 4) is 0 Å². The van der Waals surface area contributed by atoms with Crippen molar-refractivity contribution >= 4 is 58.0 Å². The first-order valence-corrected chi connectivity index (χ1v) is 11.0. The molecule has 2 aliphatic heterocycles. The van der Waals surface area contributed by atoms with E-state index in [0.29, 0.717) is 29.4 Å². The van der Waals surface area contributed by atoms with Gasteiger partial charge in [0.1, 0.15) is 0 Å². The number of thiocarbonyl (C=S) groups is 1. The van der Waals surface area contributed by atoms with Crippen LogP contribution in [0.4, 0.5) is 5.69 Å². The van der Waals surface area contributed by atoms with Gasteiger partial charge >= 0.3 is 0 Å². The van der Waals surface area contributed by atoms with Crippen LogP contribution in [0.1, 0.15) is 33.6 Å². The van der Waals surface area contributed by atoms with E-state index < -0.39 is 17.7 Å². The van der Waals surface area contributed by atoms with Crippen LogP contribution in [-0.4, -0.2) is 71.0 Å². The van der Waals surface area contributed by atoms with E-state index in [9.17, 15) is 19.2 Å². The summed E-state index contributed by atoms with van der Waals surface area (Å²) in [6.45, 7) is 2.64. The maximum Gasteiger partial charge on any atom is 0.263 e. The van der Waals surface area contributed by atoms with Crippen molar-refractivity contribution in [2.45, 2.75) is 12.8 Å².